The van der Waals surface area contributed by atoms with Crippen LogP contribution in [0.1, 0.15) is 63.1 Å². The molecule has 2 heterocycles. The molecule has 1 aliphatic carbocycles. The number of nitrogens with zero attached hydrogens (tertiary/aromatic N) is 2. The molecule has 0 spiro atoms. The summed E-state index contributed by atoms with van der Waals surface area (Å²) in [6.07, 6.45) is 4.42. The second kappa shape index (κ2) is 9.59. The SMILES string of the molecule is CC(C)(C)C1CCc2ccccc2C1(C[C@H]1CN2CCC[C@@H]2CN1Cc1ccccc1)NC(=O)O. The van der Waals surface area contributed by atoms with Gasteiger partial charge in [0.05, 0.1) is 5.54 Å². The molecule has 5 rings (SSSR count). The molecule has 2 saturated heterocycles. The van der Waals surface area contributed by atoms with Crippen LogP contribution in [0, 0.1) is 11.3 Å². The van der Waals surface area contributed by atoms with E-state index in [1.54, 1.807) is 0 Å². The normalized spacial score (nSPS) is 29.4. The van der Waals surface area contributed by atoms with Crippen LogP contribution in [0.15, 0.2) is 54.6 Å². The van der Waals surface area contributed by atoms with E-state index in [9.17, 15) is 9.90 Å². The highest BCUT2D eigenvalue weighted by atomic mass is 16.4. The maximum absolute atomic E-state index is 12.4. The maximum Gasteiger partial charge on any atom is 0.405 e. The van der Waals surface area contributed by atoms with E-state index in [1.807, 2.05) is 0 Å². The Bertz CT molecular complexity index is 1030. The molecule has 0 radical (unpaired) electrons. The highest BCUT2D eigenvalue weighted by molar-refractivity contribution is 5.67. The fourth-order valence-electron chi connectivity index (χ4n) is 7.45. The summed E-state index contributed by atoms with van der Waals surface area (Å²) in [6, 6.07) is 20.2. The zero-order chi connectivity index (χ0) is 24.6. The second-order valence-corrected chi connectivity index (χ2v) is 12.1. The largest absolute Gasteiger partial charge is 0.465 e. The van der Waals surface area contributed by atoms with Gasteiger partial charge in [0.1, 0.15) is 0 Å². The minimum Gasteiger partial charge on any atom is -0.465 e. The summed E-state index contributed by atoms with van der Waals surface area (Å²) in [5.74, 6) is 0.218. The van der Waals surface area contributed by atoms with Crippen LogP contribution in [0.2, 0.25) is 0 Å². The number of hydrogen-bond donors (Lipinski definition) is 2. The van der Waals surface area contributed by atoms with E-state index in [2.05, 4.69) is 90.5 Å². The van der Waals surface area contributed by atoms with Crippen molar-refractivity contribution in [3.8, 4) is 0 Å². The number of amides is 1. The Morgan fingerprint density at radius 3 is 2.54 bits per heavy atom. The van der Waals surface area contributed by atoms with Gasteiger partial charge in [0.15, 0.2) is 0 Å². The van der Waals surface area contributed by atoms with Crippen molar-refractivity contribution in [2.45, 2.75) is 77.0 Å². The number of carboxylic acid groups (broad SMARTS) is 1. The Balaban J connectivity index is 1.56. The van der Waals surface area contributed by atoms with Crippen LogP contribution in [0.3, 0.4) is 0 Å². The van der Waals surface area contributed by atoms with Crippen molar-refractivity contribution in [2.75, 3.05) is 19.6 Å². The third-order valence-corrected chi connectivity index (χ3v) is 8.86. The number of piperazine rings is 1. The number of fused-ring (bicyclic) bond motifs is 2. The molecule has 0 aromatic heterocycles. The minimum absolute atomic E-state index is 0.0227. The van der Waals surface area contributed by atoms with Crippen LogP contribution in [0.4, 0.5) is 4.79 Å². The number of aryl methyl sites for hydroxylation is 1. The van der Waals surface area contributed by atoms with Gasteiger partial charge in [-0.1, -0.05) is 75.4 Å². The summed E-state index contributed by atoms with van der Waals surface area (Å²) in [4.78, 5) is 17.7. The van der Waals surface area contributed by atoms with Gasteiger partial charge in [-0.05, 0) is 66.7 Å². The van der Waals surface area contributed by atoms with E-state index >= 15 is 0 Å². The van der Waals surface area contributed by atoms with Crippen molar-refractivity contribution in [2.24, 2.45) is 11.3 Å². The molecule has 2 unspecified atom stereocenters. The van der Waals surface area contributed by atoms with Gasteiger partial charge in [0.2, 0.25) is 0 Å². The van der Waals surface area contributed by atoms with Gasteiger partial charge in [-0.25, -0.2) is 4.79 Å². The fourth-order valence-corrected chi connectivity index (χ4v) is 7.45. The Kier molecular flexibility index (Phi) is 6.67. The van der Waals surface area contributed by atoms with Crippen LogP contribution in [-0.4, -0.2) is 52.7 Å². The molecule has 2 fully saturated rings. The van der Waals surface area contributed by atoms with Crippen molar-refractivity contribution >= 4 is 6.09 Å². The molecule has 4 atom stereocenters. The molecule has 188 valence electrons. The lowest BCUT2D eigenvalue weighted by Crippen LogP contribution is -2.63. The summed E-state index contributed by atoms with van der Waals surface area (Å²) in [5, 5.41) is 13.4. The summed E-state index contributed by atoms with van der Waals surface area (Å²) in [6.45, 7) is 11.0. The van der Waals surface area contributed by atoms with Gasteiger partial charge in [0, 0.05) is 31.7 Å². The van der Waals surface area contributed by atoms with E-state index in [-0.39, 0.29) is 17.4 Å². The first kappa shape index (κ1) is 24.3. The van der Waals surface area contributed by atoms with Crippen LogP contribution in [0.5, 0.6) is 0 Å². The summed E-state index contributed by atoms with van der Waals surface area (Å²) in [7, 11) is 0. The monoisotopic (exact) mass is 475 g/mol. The van der Waals surface area contributed by atoms with Crippen LogP contribution < -0.4 is 5.32 Å². The standard InChI is InChI=1S/C30H41N3O2/c1-29(2,3)27-16-15-23-12-7-8-14-26(23)30(27,31-28(34)35)18-25-21-32-17-9-13-24(32)20-33(25)19-22-10-5-4-6-11-22/h4-8,10-12,14,24-25,27,31H,9,13,15-21H2,1-3H3,(H,34,35)/t24-,25+,27?,30?/m1/s1. The first-order valence-corrected chi connectivity index (χ1v) is 13.4. The lowest BCUT2D eigenvalue weighted by molar-refractivity contribution is -0.00529. The van der Waals surface area contributed by atoms with Gasteiger partial charge in [0.25, 0.3) is 0 Å². The van der Waals surface area contributed by atoms with Crippen molar-refractivity contribution in [1.82, 2.24) is 15.1 Å². The highest BCUT2D eigenvalue weighted by Crippen LogP contribution is 2.51. The highest BCUT2D eigenvalue weighted by Gasteiger charge is 2.52. The zero-order valence-electron chi connectivity index (χ0n) is 21.5. The number of benzene rings is 2. The zero-order valence-corrected chi connectivity index (χ0v) is 21.5. The smallest absolute Gasteiger partial charge is 0.405 e. The molecule has 0 bridgehead atoms. The molecule has 5 heteroatoms. The Labute approximate surface area is 210 Å². The first-order chi connectivity index (χ1) is 16.8. The van der Waals surface area contributed by atoms with Gasteiger partial charge in [-0.3, -0.25) is 9.80 Å². The van der Waals surface area contributed by atoms with Crippen molar-refractivity contribution in [3.05, 3.63) is 71.3 Å². The predicted molar refractivity (Wildman–Crippen MR) is 140 cm³/mol. The van der Waals surface area contributed by atoms with Gasteiger partial charge < -0.3 is 10.4 Å². The number of rotatable bonds is 5. The molecular formula is C30H41N3O2. The summed E-state index contributed by atoms with van der Waals surface area (Å²) in [5.41, 5.74) is 3.19. The maximum atomic E-state index is 12.4. The van der Waals surface area contributed by atoms with E-state index in [0.717, 1.165) is 38.9 Å². The van der Waals surface area contributed by atoms with Crippen LogP contribution in [-0.2, 0) is 18.5 Å². The average molecular weight is 476 g/mol. The van der Waals surface area contributed by atoms with Crippen LogP contribution in [0.25, 0.3) is 0 Å². The molecule has 2 aliphatic heterocycles. The molecule has 5 nitrogen and oxygen atoms in total. The van der Waals surface area contributed by atoms with Crippen LogP contribution >= 0.6 is 0 Å². The second-order valence-electron chi connectivity index (χ2n) is 12.1. The third kappa shape index (κ3) is 4.85. The topological polar surface area (TPSA) is 55.8 Å². The molecule has 35 heavy (non-hydrogen) atoms. The third-order valence-electron chi connectivity index (χ3n) is 8.86. The molecule has 2 aromatic rings. The van der Waals surface area contributed by atoms with Gasteiger partial charge in [-0.2, -0.15) is 0 Å². The predicted octanol–water partition coefficient (Wildman–Crippen LogP) is 5.50. The lowest BCUT2D eigenvalue weighted by atomic mass is 9.58. The number of carbonyl (C=O) groups is 1. The van der Waals surface area contributed by atoms with Crippen molar-refractivity contribution in [3.63, 3.8) is 0 Å². The Morgan fingerprint density at radius 2 is 1.80 bits per heavy atom. The average Bonchev–Trinajstić information content (AvgIpc) is 3.26. The van der Waals surface area contributed by atoms with Gasteiger partial charge >= 0.3 is 6.09 Å². The molecule has 1 amide bonds. The molecule has 2 aromatic carbocycles. The Hall–Kier alpha value is -2.37. The first-order valence-electron chi connectivity index (χ1n) is 13.4. The molecule has 2 N–H and O–H groups in total. The quantitative estimate of drug-likeness (QED) is 0.600. The summed E-state index contributed by atoms with van der Waals surface area (Å²) < 4.78 is 0. The van der Waals surface area contributed by atoms with Crippen molar-refractivity contribution < 1.29 is 9.90 Å². The minimum atomic E-state index is -0.916. The molecule has 0 saturated carbocycles. The lowest BCUT2D eigenvalue weighted by Gasteiger charge is -2.54. The number of hydrogen-bond acceptors (Lipinski definition) is 3. The van der Waals surface area contributed by atoms with E-state index in [4.69, 9.17) is 0 Å². The fraction of sp³-hybridized carbons (Fsp3) is 0.567. The Morgan fingerprint density at radius 1 is 1.06 bits per heavy atom. The summed E-state index contributed by atoms with van der Waals surface area (Å²) >= 11 is 0. The van der Waals surface area contributed by atoms with Gasteiger partial charge in [-0.15, -0.1) is 0 Å². The number of nitrogens with one attached hydrogen (secondary N) is 1. The van der Waals surface area contributed by atoms with Crippen molar-refractivity contribution in [1.29, 1.82) is 0 Å². The molecule has 3 aliphatic rings. The van der Waals surface area contributed by atoms with E-state index < -0.39 is 11.6 Å². The van der Waals surface area contributed by atoms with E-state index in [1.165, 1.54) is 36.1 Å². The molecular weight excluding hydrogens is 434 g/mol. The van der Waals surface area contributed by atoms with E-state index in [0.29, 0.717) is 6.04 Å².